The van der Waals surface area contributed by atoms with Crippen molar-refractivity contribution >= 4 is 34.8 Å². The predicted molar refractivity (Wildman–Crippen MR) is 183 cm³/mol. The summed E-state index contributed by atoms with van der Waals surface area (Å²) in [5.74, 6) is -3.58. The molecule has 0 spiro atoms. The summed E-state index contributed by atoms with van der Waals surface area (Å²) in [6.45, 7) is 2.12. The zero-order chi connectivity index (χ0) is 35.6. The molecule has 1 aliphatic rings. The lowest BCUT2D eigenvalue weighted by molar-refractivity contribution is -0.126. The Morgan fingerprint density at radius 1 is 1.02 bits per heavy atom. The molecular formula is C36H35F2N7O5. The van der Waals surface area contributed by atoms with E-state index < -0.39 is 29.3 Å². The first-order valence-electron chi connectivity index (χ1n) is 15.8. The normalized spacial score (nSPS) is 13.5. The highest BCUT2D eigenvalue weighted by Crippen LogP contribution is 2.28. The van der Waals surface area contributed by atoms with E-state index in [-0.39, 0.29) is 62.2 Å². The Balaban J connectivity index is 1.18. The van der Waals surface area contributed by atoms with E-state index in [4.69, 9.17) is 10.3 Å². The van der Waals surface area contributed by atoms with Crippen LogP contribution in [0.4, 0.5) is 25.8 Å². The fourth-order valence-corrected chi connectivity index (χ4v) is 5.53. The zero-order valence-corrected chi connectivity index (χ0v) is 27.2. The molecule has 0 radical (unpaired) electrons. The number of azide groups is 1. The number of phenols is 1. The van der Waals surface area contributed by atoms with Gasteiger partial charge in [-0.15, -0.1) is 0 Å². The maximum Gasteiger partial charge on any atom is 0.254 e. The van der Waals surface area contributed by atoms with Crippen LogP contribution in [0.5, 0.6) is 5.75 Å². The van der Waals surface area contributed by atoms with Crippen LogP contribution in [0.1, 0.15) is 39.0 Å². The largest absolute Gasteiger partial charge is 0.505 e. The van der Waals surface area contributed by atoms with Gasteiger partial charge in [-0.3, -0.25) is 14.4 Å². The van der Waals surface area contributed by atoms with Crippen LogP contribution in [0.25, 0.3) is 10.4 Å². The van der Waals surface area contributed by atoms with Crippen LogP contribution in [0.2, 0.25) is 0 Å². The molecule has 14 heteroatoms. The van der Waals surface area contributed by atoms with Crippen LogP contribution in [-0.4, -0.2) is 53.5 Å². The van der Waals surface area contributed by atoms with E-state index in [2.05, 4.69) is 26.0 Å². The number of aryl methyl sites for hydroxylation is 1. The first-order chi connectivity index (χ1) is 24.1. The Labute approximate surface area is 286 Å². The summed E-state index contributed by atoms with van der Waals surface area (Å²) in [5.41, 5.74) is 12.5. The highest BCUT2D eigenvalue weighted by molar-refractivity contribution is 5.99. The highest BCUT2D eigenvalue weighted by Gasteiger charge is 2.35. The van der Waals surface area contributed by atoms with E-state index >= 15 is 0 Å². The summed E-state index contributed by atoms with van der Waals surface area (Å²) in [4.78, 5) is 43.9. The number of ether oxygens (including phenoxy) is 1. The quantitative estimate of drug-likeness (QED) is 0.0561. The number of benzene rings is 4. The second kappa shape index (κ2) is 16.4. The number of nitrogens with zero attached hydrogens (tertiary/aromatic N) is 4. The van der Waals surface area contributed by atoms with Gasteiger partial charge in [0.25, 0.3) is 5.91 Å². The van der Waals surface area contributed by atoms with Gasteiger partial charge in [-0.05, 0) is 65.5 Å². The van der Waals surface area contributed by atoms with E-state index in [9.17, 15) is 28.3 Å². The first kappa shape index (κ1) is 35.3. The van der Waals surface area contributed by atoms with Crippen molar-refractivity contribution in [1.82, 2.24) is 10.2 Å². The van der Waals surface area contributed by atoms with Crippen molar-refractivity contribution in [3.05, 3.63) is 129 Å². The molecule has 0 saturated heterocycles. The molecule has 1 heterocycles. The number of fused-ring (bicyclic) bond motifs is 1. The molecule has 1 aliphatic heterocycles. The second-order valence-corrected chi connectivity index (χ2v) is 11.6. The minimum Gasteiger partial charge on any atom is -0.505 e. The van der Waals surface area contributed by atoms with E-state index in [0.717, 1.165) is 28.8 Å². The van der Waals surface area contributed by atoms with Gasteiger partial charge in [0, 0.05) is 59.2 Å². The van der Waals surface area contributed by atoms with Crippen molar-refractivity contribution in [2.45, 2.75) is 38.9 Å². The number of anilines is 2. The molecule has 3 amide bonds. The lowest BCUT2D eigenvalue weighted by atomic mass is 9.92. The number of phenolic OH excluding ortho intramolecular Hbond substituents is 1. The number of hydrogen-bond acceptors (Lipinski definition) is 7. The fraction of sp³-hybridized carbons (Fsp3) is 0.250. The number of hydrogen-bond donors (Lipinski definition) is 4. The number of halogens is 2. The lowest BCUT2D eigenvalue weighted by Crippen LogP contribution is -2.53. The molecule has 0 aliphatic carbocycles. The minimum absolute atomic E-state index is 0.0822. The Morgan fingerprint density at radius 2 is 1.78 bits per heavy atom. The molecule has 0 unspecified atom stereocenters. The van der Waals surface area contributed by atoms with Crippen LogP contribution >= 0.6 is 0 Å². The van der Waals surface area contributed by atoms with Crippen LogP contribution in [0.15, 0.2) is 84.0 Å². The number of rotatable bonds is 13. The van der Waals surface area contributed by atoms with Gasteiger partial charge in [-0.1, -0.05) is 47.6 Å². The molecule has 1 atom stereocenters. The third-order valence-corrected chi connectivity index (χ3v) is 8.25. The molecule has 50 heavy (non-hydrogen) atoms. The summed E-state index contributed by atoms with van der Waals surface area (Å²) in [6.07, 6.45) is 0.379. The number of carbonyl (C=O) groups is 3. The smallest absolute Gasteiger partial charge is 0.254 e. The first-order valence-corrected chi connectivity index (χ1v) is 15.8. The van der Waals surface area contributed by atoms with Gasteiger partial charge in [0.05, 0.1) is 19.6 Å². The van der Waals surface area contributed by atoms with Crippen LogP contribution < -0.4 is 16.0 Å². The highest BCUT2D eigenvalue weighted by atomic mass is 19.1. The number of nitrogens with one attached hydrogen (secondary N) is 3. The maximum absolute atomic E-state index is 14.4. The molecular weight excluding hydrogens is 648 g/mol. The number of carbonyl (C=O) groups excluding carboxylic acids is 3. The standard InChI is InChI=1S/C36H35F2N7O5/c1-22-6-7-24(18-30(22)41-20-28-29(37)12-13-32(46)34(28)38)36(49)45-21-25-5-3-2-4-23(25)19-31(45)35(48)40-15-17-50-16-14-33(47)42-26-8-10-27(11-9-26)43-44-39/h2-13,18,31,41,46H,14-17,19-21H2,1H3,(H,40,48)(H,42,47)/t31-/m0/s1. The van der Waals surface area contributed by atoms with Crippen LogP contribution in [0, 0.1) is 18.6 Å². The molecule has 258 valence electrons. The minimum atomic E-state index is -1.06. The zero-order valence-electron chi connectivity index (χ0n) is 27.2. The Morgan fingerprint density at radius 3 is 2.54 bits per heavy atom. The molecule has 5 rings (SSSR count). The number of amides is 3. The van der Waals surface area contributed by atoms with Crippen molar-refractivity contribution in [2.24, 2.45) is 5.11 Å². The summed E-state index contributed by atoms with van der Waals surface area (Å²) in [7, 11) is 0. The average Bonchev–Trinajstić information content (AvgIpc) is 3.12. The molecule has 4 N–H and O–H groups in total. The maximum atomic E-state index is 14.4. The topological polar surface area (TPSA) is 169 Å². The van der Waals surface area contributed by atoms with Crippen LogP contribution in [-0.2, 0) is 33.8 Å². The van der Waals surface area contributed by atoms with E-state index in [1.54, 1.807) is 49.4 Å². The molecule has 0 fully saturated rings. The van der Waals surface area contributed by atoms with Crippen molar-refractivity contribution in [2.75, 3.05) is 30.4 Å². The molecule has 4 aromatic carbocycles. The molecule has 0 bridgehead atoms. The van der Waals surface area contributed by atoms with E-state index in [1.165, 1.54) is 4.90 Å². The Bertz CT molecular complexity index is 1930. The lowest BCUT2D eigenvalue weighted by Gasteiger charge is -2.36. The van der Waals surface area contributed by atoms with Gasteiger partial charge in [0.2, 0.25) is 11.8 Å². The van der Waals surface area contributed by atoms with Gasteiger partial charge in [-0.2, -0.15) is 0 Å². The van der Waals surface area contributed by atoms with Gasteiger partial charge < -0.3 is 30.7 Å². The Hall–Kier alpha value is -5.98. The van der Waals surface area contributed by atoms with Gasteiger partial charge in [0.1, 0.15) is 11.9 Å². The average molecular weight is 684 g/mol. The van der Waals surface area contributed by atoms with Crippen molar-refractivity contribution < 1.29 is 33.0 Å². The van der Waals surface area contributed by atoms with Gasteiger partial charge in [-0.25, -0.2) is 8.78 Å². The van der Waals surface area contributed by atoms with Gasteiger partial charge in [0.15, 0.2) is 11.6 Å². The fourth-order valence-electron chi connectivity index (χ4n) is 5.53. The SMILES string of the molecule is Cc1ccc(C(=O)N2Cc3ccccc3C[C@H]2C(=O)NCCOCCC(=O)Nc2ccc(N=[N+]=[N-])cc2)cc1NCc1c(F)ccc(O)c1F. The summed E-state index contributed by atoms with van der Waals surface area (Å²) in [5, 5.41) is 21.7. The molecule has 0 saturated carbocycles. The summed E-state index contributed by atoms with van der Waals surface area (Å²) in [6, 6.07) is 20.0. The van der Waals surface area contributed by atoms with E-state index in [1.807, 2.05) is 24.3 Å². The third-order valence-electron chi connectivity index (χ3n) is 8.25. The van der Waals surface area contributed by atoms with Crippen molar-refractivity contribution in [3.8, 4) is 5.75 Å². The van der Waals surface area contributed by atoms with E-state index in [0.29, 0.717) is 23.5 Å². The molecule has 0 aromatic heterocycles. The Kier molecular flexibility index (Phi) is 11.6. The van der Waals surface area contributed by atoms with Crippen molar-refractivity contribution in [1.29, 1.82) is 0 Å². The third kappa shape index (κ3) is 8.73. The molecule has 12 nitrogen and oxygen atoms in total. The van der Waals surface area contributed by atoms with Gasteiger partial charge >= 0.3 is 0 Å². The second-order valence-electron chi connectivity index (χ2n) is 11.6. The summed E-state index contributed by atoms with van der Waals surface area (Å²) >= 11 is 0. The molecule has 4 aromatic rings. The predicted octanol–water partition coefficient (Wildman–Crippen LogP) is 6.26. The van der Waals surface area contributed by atoms with Crippen molar-refractivity contribution in [3.63, 3.8) is 0 Å². The summed E-state index contributed by atoms with van der Waals surface area (Å²) < 4.78 is 34.2. The van der Waals surface area contributed by atoms with Crippen LogP contribution in [0.3, 0.4) is 0 Å². The monoisotopic (exact) mass is 683 g/mol. The number of aromatic hydroxyl groups is 1.